The first-order valence-corrected chi connectivity index (χ1v) is 28.8. The van der Waals surface area contributed by atoms with E-state index < -0.39 is 170 Å². The largest absolute Gasteiger partial charge is 0.464 e. The lowest BCUT2D eigenvalue weighted by Crippen LogP contribution is -2.67. The van der Waals surface area contributed by atoms with Crippen LogP contribution in [0.2, 0.25) is 0 Å². The predicted molar refractivity (Wildman–Crippen MR) is 272 cm³/mol. The highest BCUT2D eigenvalue weighted by Crippen LogP contribution is 2.76. The minimum absolute atomic E-state index is 0.00498. The minimum Gasteiger partial charge on any atom is -0.464 e. The normalized spacial score (nSPS) is 53.0. The molecule has 4 aliphatic heterocycles. The highest BCUT2D eigenvalue weighted by Gasteiger charge is 2.71. The molecular weight excluding hydrogens is 1060 g/mol. The van der Waals surface area contributed by atoms with Crippen LogP contribution < -0.4 is 0 Å². The molecule has 8 fully saturated rings. The van der Waals surface area contributed by atoms with Crippen LogP contribution in [0.3, 0.4) is 0 Å². The van der Waals surface area contributed by atoms with Crippen molar-refractivity contribution >= 4 is 11.9 Å². The second-order valence-corrected chi connectivity index (χ2v) is 26.6. The standard InChI is InChI=1S/C56H90O24/c1-9-72-45(70)44-37(64)36(63)41(68)49(79-44)77-31-13-14-52(5)29(53(31,6)23-58)12-15-55(8)30(52)11-10-25-26-20-51(3,4)16-18-56(26,19-17-54(25,55)7)50(71)80-48-40(67)35(62)33(60)28(76-48)22-73-46-42(69)38(65)43(27(21-57)75-46)78-47-39(66)34(61)32(59)24(2)74-47/h10,24,26-44,46-49,57-69H,9,11-23H2,1-8H3. The molecule has 4 saturated heterocycles. The van der Waals surface area contributed by atoms with E-state index in [-0.39, 0.29) is 47.2 Å². The van der Waals surface area contributed by atoms with Crippen LogP contribution in [0.4, 0.5) is 0 Å². The molecule has 0 aromatic rings. The zero-order valence-electron chi connectivity index (χ0n) is 47.1. The number of esters is 2. The van der Waals surface area contributed by atoms with Crippen molar-refractivity contribution in [3.63, 3.8) is 0 Å². The van der Waals surface area contributed by atoms with Crippen LogP contribution in [-0.4, -0.2) is 234 Å². The molecule has 0 aromatic carbocycles. The molecule has 0 bridgehead atoms. The van der Waals surface area contributed by atoms with E-state index in [1.54, 1.807) is 6.92 Å². The van der Waals surface area contributed by atoms with Gasteiger partial charge in [-0.1, -0.05) is 53.2 Å². The Morgan fingerprint density at radius 3 is 1.90 bits per heavy atom. The molecule has 29 unspecified atom stereocenters. The highest BCUT2D eigenvalue weighted by molar-refractivity contribution is 5.79. The third kappa shape index (κ3) is 10.2. The number of hydrogen-bond donors (Lipinski definition) is 13. The fraction of sp³-hybridized carbons (Fsp3) is 0.929. The lowest BCUT2D eigenvalue weighted by molar-refractivity contribution is -0.361. The van der Waals surface area contributed by atoms with Gasteiger partial charge in [0, 0.05) is 5.41 Å². The summed E-state index contributed by atoms with van der Waals surface area (Å²) >= 11 is 0. The maximum absolute atomic E-state index is 15.2. The molecular formula is C56H90O24. The predicted octanol–water partition coefficient (Wildman–Crippen LogP) is -1.46. The van der Waals surface area contributed by atoms with Crippen molar-refractivity contribution in [1.29, 1.82) is 0 Å². The van der Waals surface area contributed by atoms with Crippen LogP contribution in [0.15, 0.2) is 11.6 Å². The Balaban J connectivity index is 0.898. The van der Waals surface area contributed by atoms with Crippen molar-refractivity contribution in [1.82, 2.24) is 0 Å². The van der Waals surface area contributed by atoms with E-state index in [2.05, 4.69) is 40.7 Å². The van der Waals surface area contributed by atoms with Gasteiger partial charge in [0.15, 0.2) is 25.0 Å². The molecule has 0 spiro atoms. The number of hydrogen-bond acceptors (Lipinski definition) is 24. The SMILES string of the molecule is CCOC(=O)C1OC(OC2CCC3(C)C(CCC4(C)C3CC=C3C5CC(C)(C)CCC5(C(=O)OC5OC(COC6OC(CO)C(OC7OC(C)C(O)C(O)C7O)C(O)C6O)C(O)C(O)C5O)CCC34C)C2(C)CO)C(O)C(O)C1O. The van der Waals surface area contributed by atoms with E-state index in [1.165, 1.54) is 12.5 Å². The summed E-state index contributed by atoms with van der Waals surface area (Å²) in [4.78, 5) is 27.9. The summed E-state index contributed by atoms with van der Waals surface area (Å²) in [7, 11) is 0. The Hall–Kier alpha value is -2.12. The fourth-order valence-electron chi connectivity index (χ4n) is 16.6. The van der Waals surface area contributed by atoms with Crippen LogP contribution in [0.25, 0.3) is 0 Å². The van der Waals surface area contributed by atoms with E-state index >= 15 is 4.79 Å². The number of ether oxygens (including phenoxy) is 9. The van der Waals surface area contributed by atoms with Crippen molar-refractivity contribution < 1.29 is 119 Å². The summed E-state index contributed by atoms with van der Waals surface area (Å²) in [5.41, 5.74) is -1.91. The number of aliphatic hydroxyl groups is 13. The van der Waals surface area contributed by atoms with Crippen molar-refractivity contribution in [2.45, 2.75) is 249 Å². The zero-order chi connectivity index (χ0) is 58.6. The molecule has 0 amide bonds. The second-order valence-electron chi connectivity index (χ2n) is 26.6. The van der Waals surface area contributed by atoms with Crippen molar-refractivity contribution in [3.05, 3.63) is 11.6 Å². The molecule has 9 rings (SSSR count). The van der Waals surface area contributed by atoms with Gasteiger partial charge in [-0.15, -0.1) is 0 Å². The zero-order valence-corrected chi connectivity index (χ0v) is 47.1. The summed E-state index contributed by atoms with van der Waals surface area (Å²) in [5.74, 6) is -1.75. The average molecular weight is 1150 g/mol. The Kier molecular flexibility index (Phi) is 17.9. The first-order chi connectivity index (χ1) is 37.5. The fourth-order valence-corrected chi connectivity index (χ4v) is 16.6. The van der Waals surface area contributed by atoms with Gasteiger partial charge in [0.05, 0.1) is 44.1 Å². The maximum Gasteiger partial charge on any atom is 0.338 e. The number of carbonyl (C=O) groups is 2. The Morgan fingerprint density at radius 1 is 0.625 bits per heavy atom. The number of aliphatic hydroxyl groups excluding tert-OH is 13. The van der Waals surface area contributed by atoms with E-state index in [1.807, 2.05) is 6.92 Å². The average Bonchev–Trinajstić information content (AvgIpc) is 2.17. The van der Waals surface area contributed by atoms with Gasteiger partial charge in [-0.3, -0.25) is 4.79 Å². The Labute approximate surface area is 466 Å². The van der Waals surface area contributed by atoms with E-state index in [0.29, 0.717) is 57.8 Å². The number of carbonyl (C=O) groups excluding carboxylic acids is 2. The van der Waals surface area contributed by atoms with Gasteiger partial charge in [-0.2, -0.15) is 0 Å². The Bertz CT molecular complexity index is 2240. The molecule has 24 heteroatoms. The van der Waals surface area contributed by atoms with Gasteiger partial charge in [-0.05, 0) is 117 Å². The summed E-state index contributed by atoms with van der Waals surface area (Å²) in [6, 6.07) is 0. The third-order valence-corrected chi connectivity index (χ3v) is 21.8. The number of allylic oxidation sites excluding steroid dienone is 2. The van der Waals surface area contributed by atoms with Crippen LogP contribution >= 0.6 is 0 Å². The molecule has 9 aliphatic rings. The van der Waals surface area contributed by atoms with E-state index in [0.717, 1.165) is 6.42 Å². The second kappa shape index (κ2) is 23.0. The first-order valence-electron chi connectivity index (χ1n) is 28.8. The van der Waals surface area contributed by atoms with E-state index in [9.17, 15) is 71.2 Å². The first kappa shape index (κ1) is 62.4. The summed E-state index contributed by atoms with van der Waals surface area (Å²) < 4.78 is 52.2. The molecule has 13 N–H and O–H groups in total. The molecule has 24 nitrogen and oxygen atoms in total. The lowest BCUT2D eigenvalue weighted by Gasteiger charge is -2.71. The van der Waals surface area contributed by atoms with Crippen molar-refractivity contribution in [3.8, 4) is 0 Å². The van der Waals surface area contributed by atoms with Crippen LogP contribution in [0.1, 0.15) is 120 Å². The molecule has 4 heterocycles. The van der Waals surface area contributed by atoms with Gasteiger partial charge in [-0.25, -0.2) is 4.79 Å². The van der Waals surface area contributed by atoms with E-state index in [4.69, 9.17) is 42.6 Å². The maximum atomic E-state index is 15.2. The number of rotatable bonds is 13. The lowest BCUT2D eigenvalue weighted by atomic mass is 9.33. The molecule has 0 aromatic heterocycles. The quantitative estimate of drug-likeness (QED) is 0.0569. The number of fused-ring (bicyclic) bond motifs is 7. The monoisotopic (exact) mass is 1150 g/mol. The molecule has 80 heavy (non-hydrogen) atoms. The minimum atomic E-state index is -1.89. The molecule has 4 saturated carbocycles. The van der Waals surface area contributed by atoms with Crippen LogP contribution in [0, 0.1) is 50.2 Å². The smallest absolute Gasteiger partial charge is 0.338 e. The van der Waals surface area contributed by atoms with Crippen LogP contribution in [0.5, 0.6) is 0 Å². The van der Waals surface area contributed by atoms with Gasteiger partial charge in [0.25, 0.3) is 0 Å². The van der Waals surface area contributed by atoms with Gasteiger partial charge in [0.1, 0.15) is 85.5 Å². The van der Waals surface area contributed by atoms with Crippen LogP contribution in [-0.2, 0) is 52.2 Å². The van der Waals surface area contributed by atoms with Gasteiger partial charge >= 0.3 is 11.9 Å². The van der Waals surface area contributed by atoms with Gasteiger partial charge < -0.3 is 109 Å². The topological polar surface area (TPSA) is 380 Å². The molecule has 0 radical (unpaired) electrons. The molecule has 5 aliphatic carbocycles. The highest BCUT2D eigenvalue weighted by atomic mass is 16.8. The summed E-state index contributed by atoms with van der Waals surface area (Å²) in [6.07, 6.45) is -25.1. The summed E-state index contributed by atoms with van der Waals surface area (Å²) in [6.45, 7) is 14.7. The summed E-state index contributed by atoms with van der Waals surface area (Å²) in [5, 5.41) is 141. The molecule has 29 atom stereocenters. The molecule has 458 valence electrons. The van der Waals surface area contributed by atoms with Gasteiger partial charge in [0.2, 0.25) is 6.29 Å². The van der Waals surface area contributed by atoms with Crippen molar-refractivity contribution in [2.24, 2.45) is 50.2 Å². The Morgan fingerprint density at radius 2 is 1.24 bits per heavy atom. The third-order valence-electron chi connectivity index (χ3n) is 21.8. The van der Waals surface area contributed by atoms with Crippen molar-refractivity contribution in [2.75, 3.05) is 26.4 Å².